The Labute approximate surface area is 100 Å². The lowest BCUT2D eigenvalue weighted by molar-refractivity contribution is -0.139. The first-order valence-corrected chi connectivity index (χ1v) is 5.45. The van der Waals surface area contributed by atoms with Crippen molar-refractivity contribution in [2.45, 2.75) is 26.7 Å². The Kier molecular flexibility index (Phi) is 4.10. The lowest BCUT2D eigenvalue weighted by Gasteiger charge is -2.20. The molecule has 0 spiro atoms. The van der Waals surface area contributed by atoms with Crippen LogP contribution in [0.4, 0.5) is 4.39 Å². The highest BCUT2D eigenvalue weighted by atomic mass is 19.1. The van der Waals surface area contributed by atoms with Crippen molar-refractivity contribution in [1.29, 1.82) is 0 Å². The molecule has 1 atom stereocenters. The standard InChI is InChI=1S/C13H17FO3/c1-7(2)11(13(15)16)10-6-9(14)5-8(3)12(10)17-4/h5-7,11H,1-4H3,(H,15,16). The van der Waals surface area contributed by atoms with Gasteiger partial charge in [-0.25, -0.2) is 4.39 Å². The maximum atomic E-state index is 13.4. The third-order valence-corrected chi connectivity index (χ3v) is 2.74. The van der Waals surface area contributed by atoms with E-state index in [1.807, 2.05) is 0 Å². The fourth-order valence-electron chi connectivity index (χ4n) is 2.04. The minimum atomic E-state index is -0.969. The zero-order chi connectivity index (χ0) is 13.2. The van der Waals surface area contributed by atoms with E-state index >= 15 is 0 Å². The molecule has 0 heterocycles. The van der Waals surface area contributed by atoms with Crippen molar-refractivity contribution in [2.24, 2.45) is 5.92 Å². The summed E-state index contributed by atoms with van der Waals surface area (Å²) in [5, 5.41) is 9.22. The van der Waals surface area contributed by atoms with Gasteiger partial charge in [-0.2, -0.15) is 0 Å². The number of carboxylic acids is 1. The third-order valence-electron chi connectivity index (χ3n) is 2.74. The number of methoxy groups -OCH3 is 1. The van der Waals surface area contributed by atoms with Gasteiger partial charge in [-0.15, -0.1) is 0 Å². The fraction of sp³-hybridized carbons (Fsp3) is 0.462. The van der Waals surface area contributed by atoms with Crippen LogP contribution in [0.3, 0.4) is 0 Å². The fourth-order valence-corrected chi connectivity index (χ4v) is 2.04. The van der Waals surface area contributed by atoms with E-state index < -0.39 is 17.7 Å². The molecule has 1 aromatic rings. The van der Waals surface area contributed by atoms with Gasteiger partial charge in [-0.1, -0.05) is 13.8 Å². The van der Waals surface area contributed by atoms with E-state index in [0.717, 1.165) is 0 Å². The van der Waals surface area contributed by atoms with Gasteiger partial charge in [0.2, 0.25) is 0 Å². The van der Waals surface area contributed by atoms with Crippen LogP contribution >= 0.6 is 0 Å². The van der Waals surface area contributed by atoms with Crippen molar-refractivity contribution >= 4 is 5.97 Å². The molecule has 1 rings (SSSR count). The molecule has 0 radical (unpaired) electrons. The van der Waals surface area contributed by atoms with Crippen LogP contribution in [0, 0.1) is 18.7 Å². The van der Waals surface area contributed by atoms with E-state index in [4.69, 9.17) is 4.74 Å². The quantitative estimate of drug-likeness (QED) is 0.880. The Balaban J connectivity index is 3.41. The highest BCUT2D eigenvalue weighted by Gasteiger charge is 2.28. The number of rotatable bonds is 4. The first-order valence-electron chi connectivity index (χ1n) is 5.45. The van der Waals surface area contributed by atoms with Gasteiger partial charge in [0.25, 0.3) is 0 Å². The van der Waals surface area contributed by atoms with Crippen molar-refractivity contribution in [1.82, 2.24) is 0 Å². The average molecular weight is 240 g/mol. The first-order chi connectivity index (χ1) is 7.88. The first kappa shape index (κ1) is 13.5. The molecule has 1 N–H and O–H groups in total. The Morgan fingerprint density at radius 2 is 2.00 bits per heavy atom. The number of benzene rings is 1. The van der Waals surface area contributed by atoms with Gasteiger partial charge in [0.15, 0.2) is 0 Å². The van der Waals surface area contributed by atoms with Gasteiger partial charge in [-0.3, -0.25) is 4.79 Å². The molecule has 0 bridgehead atoms. The van der Waals surface area contributed by atoms with Crippen LogP contribution < -0.4 is 4.74 Å². The number of ether oxygens (including phenoxy) is 1. The summed E-state index contributed by atoms with van der Waals surface area (Å²) < 4.78 is 18.6. The Morgan fingerprint density at radius 3 is 2.41 bits per heavy atom. The summed E-state index contributed by atoms with van der Waals surface area (Å²) in [5.41, 5.74) is 1.00. The van der Waals surface area contributed by atoms with E-state index in [9.17, 15) is 14.3 Å². The van der Waals surface area contributed by atoms with Gasteiger partial charge in [0.1, 0.15) is 11.6 Å². The second-order valence-corrected chi connectivity index (χ2v) is 4.41. The summed E-state index contributed by atoms with van der Waals surface area (Å²) in [6.45, 7) is 5.28. The second-order valence-electron chi connectivity index (χ2n) is 4.41. The molecule has 0 aliphatic rings. The van der Waals surface area contributed by atoms with E-state index in [1.54, 1.807) is 20.8 Å². The number of hydrogen-bond acceptors (Lipinski definition) is 2. The molecule has 0 aliphatic carbocycles. The molecule has 0 amide bonds. The van der Waals surface area contributed by atoms with Gasteiger partial charge < -0.3 is 9.84 Å². The molecule has 0 saturated heterocycles. The molecule has 17 heavy (non-hydrogen) atoms. The van der Waals surface area contributed by atoms with Crippen molar-refractivity contribution in [3.8, 4) is 5.75 Å². The molecular weight excluding hydrogens is 223 g/mol. The molecule has 0 aromatic heterocycles. The molecule has 3 nitrogen and oxygen atoms in total. The largest absolute Gasteiger partial charge is 0.496 e. The van der Waals surface area contributed by atoms with Crippen molar-refractivity contribution in [3.63, 3.8) is 0 Å². The number of carbonyl (C=O) groups is 1. The van der Waals surface area contributed by atoms with Crippen molar-refractivity contribution < 1.29 is 19.0 Å². The lowest BCUT2D eigenvalue weighted by Crippen LogP contribution is -2.19. The van der Waals surface area contributed by atoms with Crippen molar-refractivity contribution in [3.05, 3.63) is 29.1 Å². The molecule has 94 valence electrons. The zero-order valence-electron chi connectivity index (χ0n) is 10.5. The van der Waals surface area contributed by atoms with Gasteiger partial charge in [0.05, 0.1) is 13.0 Å². The molecule has 4 heteroatoms. The monoisotopic (exact) mass is 240 g/mol. The maximum absolute atomic E-state index is 13.4. The number of aliphatic carboxylic acids is 1. The van der Waals surface area contributed by atoms with Crippen LogP contribution in [0.1, 0.15) is 30.9 Å². The molecule has 1 unspecified atom stereocenters. The summed E-state index contributed by atoms with van der Waals surface area (Å²) in [6.07, 6.45) is 0. The van der Waals surface area contributed by atoms with E-state index in [2.05, 4.69) is 0 Å². The topological polar surface area (TPSA) is 46.5 Å². The Hall–Kier alpha value is -1.58. The SMILES string of the molecule is COc1c(C)cc(F)cc1C(C(=O)O)C(C)C. The van der Waals surface area contributed by atoms with Crippen molar-refractivity contribution in [2.75, 3.05) is 7.11 Å². The summed E-state index contributed by atoms with van der Waals surface area (Å²) in [6, 6.07) is 2.58. The third kappa shape index (κ3) is 2.75. The van der Waals surface area contributed by atoms with Gasteiger partial charge >= 0.3 is 5.97 Å². The second kappa shape index (κ2) is 5.17. The van der Waals surface area contributed by atoms with Crippen LogP contribution in [0.25, 0.3) is 0 Å². The lowest BCUT2D eigenvalue weighted by atomic mass is 9.87. The minimum absolute atomic E-state index is 0.136. The smallest absolute Gasteiger partial charge is 0.311 e. The molecule has 0 saturated carbocycles. The summed E-state index contributed by atoms with van der Waals surface area (Å²) in [7, 11) is 1.46. The Morgan fingerprint density at radius 1 is 1.41 bits per heavy atom. The number of hydrogen-bond donors (Lipinski definition) is 1. The predicted molar refractivity (Wildman–Crippen MR) is 62.9 cm³/mol. The highest BCUT2D eigenvalue weighted by Crippen LogP contribution is 2.35. The van der Waals surface area contributed by atoms with Crippen LogP contribution in [0.2, 0.25) is 0 Å². The summed E-state index contributed by atoms with van der Waals surface area (Å²) in [4.78, 5) is 11.3. The summed E-state index contributed by atoms with van der Waals surface area (Å²) in [5.74, 6) is -1.86. The van der Waals surface area contributed by atoms with Crippen LogP contribution in [-0.4, -0.2) is 18.2 Å². The normalized spacial score (nSPS) is 12.6. The van der Waals surface area contributed by atoms with Crippen LogP contribution in [0.5, 0.6) is 5.75 Å². The highest BCUT2D eigenvalue weighted by molar-refractivity contribution is 5.78. The molecule has 1 aromatic carbocycles. The predicted octanol–water partition coefficient (Wildman–Crippen LogP) is 2.97. The van der Waals surface area contributed by atoms with Crippen LogP contribution in [0.15, 0.2) is 12.1 Å². The van der Waals surface area contributed by atoms with E-state index in [1.165, 1.54) is 19.2 Å². The molecule has 0 fully saturated rings. The van der Waals surface area contributed by atoms with Gasteiger partial charge in [0, 0.05) is 5.56 Å². The number of halogens is 1. The molecular formula is C13H17FO3. The average Bonchev–Trinajstić information content (AvgIpc) is 2.15. The minimum Gasteiger partial charge on any atom is -0.496 e. The van der Waals surface area contributed by atoms with Gasteiger partial charge in [-0.05, 0) is 30.5 Å². The molecule has 0 aliphatic heterocycles. The van der Waals surface area contributed by atoms with E-state index in [-0.39, 0.29) is 5.92 Å². The summed E-state index contributed by atoms with van der Waals surface area (Å²) >= 11 is 0. The number of aryl methyl sites for hydroxylation is 1. The zero-order valence-corrected chi connectivity index (χ0v) is 10.5. The van der Waals surface area contributed by atoms with E-state index in [0.29, 0.717) is 16.9 Å². The van der Waals surface area contributed by atoms with Crippen LogP contribution in [-0.2, 0) is 4.79 Å². The maximum Gasteiger partial charge on any atom is 0.311 e. The number of carboxylic acid groups (broad SMARTS) is 1. The Bertz CT molecular complexity index is 427.